The van der Waals surface area contributed by atoms with Gasteiger partial charge in [0.2, 0.25) is 0 Å². The molecular weight excluding hydrogens is 467 g/mol. The Bertz CT molecular complexity index is 606. The molecule has 0 aromatic carbocycles. The van der Waals surface area contributed by atoms with E-state index in [1.807, 2.05) is 12.5 Å². The second-order valence-corrected chi connectivity index (χ2v) is 8.41. The zero-order valence-corrected chi connectivity index (χ0v) is 20.1. The van der Waals surface area contributed by atoms with Gasteiger partial charge in [-0.15, -0.1) is 24.0 Å². The predicted molar refractivity (Wildman–Crippen MR) is 124 cm³/mol. The number of piperidine rings is 1. The molecule has 3 rings (SSSR count). The van der Waals surface area contributed by atoms with Crippen LogP contribution >= 0.6 is 24.0 Å². The quantitative estimate of drug-likeness (QED) is 0.380. The van der Waals surface area contributed by atoms with Crippen molar-refractivity contribution in [1.29, 1.82) is 0 Å². The number of imidazole rings is 1. The summed E-state index contributed by atoms with van der Waals surface area (Å²) < 4.78 is 8.05. The van der Waals surface area contributed by atoms with Crippen molar-refractivity contribution in [3.8, 4) is 0 Å². The molecule has 160 valence electrons. The summed E-state index contributed by atoms with van der Waals surface area (Å²) in [6, 6.07) is 0.449. The molecule has 2 aliphatic rings. The van der Waals surface area contributed by atoms with E-state index in [0.29, 0.717) is 12.0 Å². The highest BCUT2D eigenvalue weighted by Crippen LogP contribution is 2.27. The van der Waals surface area contributed by atoms with E-state index < -0.39 is 0 Å². The van der Waals surface area contributed by atoms with E-state index in [1.165, 1.54) is 6.42 Å². The van der Waals surface area contributed by atoms with Crippen molar-refractivity contribution < 1.29 is 4.74 Å². The first-order chi connectivity index (χ1) is 13.0. The summed E-state index contributed by atoms with van der Waals surface area (Å²) in [5.41, 5.74) is -0.0481. The number of morpholine rings is 1. The standard InChI is InChI=1S/C20H36N6O.HI/c1-5-22-19(23-8-10-24-12-13-27-20(3,4)15-24)25-9-6-17(2)18(14-25)26-11-7-21-16-26;/h7,11,16-18H,5-6,8-10,12-15H2,1-4H3,(H,22,23);1H. The summed E-state index contributed by atoms with van der Waals surface area (Å²) in [5.74, 6) is 1.69. The number of likely N-dealkylation sites (tertiary alicyclic amines) is 1. The molecule has 2 unspecified atom stereocenters. The first-order valence-electron chi connectivity index (χ1n) is 10.4. The summed E-state index contributed by atoms with van der Waals surface area (Å²) in [7, 11) is 0. The molecule has 0 spiro atoms. The van der Waals surface area contributed by atoms with Crippen LogP contribution in [-0.4, -0.2) is 83.3 Å². The van der Waals surface area contributed by atoms with Crippen LogP contribution in [-0.2, 0) is 4.74 Å². The monoisotopic (exact) mass is 504 g/mol. The lowest BCUT2D eigenvalue weighted by Gasteiger charge is -2.39. The molecule has 2 saturated heterocycles. The minimum atomic E-state index is -0.0481. The van der Waals surface area contributed by atoms with E-state index in [1.54, 1.807) is 0 Å². The molecule has 2 atom stereocenters. The summed E-state index contributed by atoms with van der Waals surface area (Å²) in [6.45, 7) is 16.3. The highest BCUT2D eigenvalue weighted by atomic mass is 127. The van der Waals surface area contributed by atoms with Gasteiger partial charge in [0, 0.05) is 51.7 Å². The van der Waals surface area contributed by atoms with Gasteiger partial charge in [0.1, 0.15) is 0 Å². The fourth-order valence-corrected chi connectivity index (χ4v) is 4.12. The number of rotatable bonds is 5. The van der Waals surface area contributed by atoms with Gasteiger partial charge in [0.15, 0.2) is 5.96 Å². The van der Waals surface area contributed by atoms with Crippen LogP contribution in [0, 0.1) is 5.92 Å². The highest BCUT2D eigenvalue weighted by Gasteiger charge is 2.29. The number of aliphatic imine (C=N–C) groups is 1. The fraction of sp³-hybridized carbons (Fsp3) is 0.800. The highest BCUT2D eigenvalue weighted by molar-refractivity contribution is 14.0. The number of aromatic nitrogens is 2. The topological polar surface area (TPSA) is 57.9 Å². The van der Waals surface area contributed by atoms with E-state index in [0.717, 1.165) is 58.4 Å². The van der Waals surface area contributed by atoms with Gasteiger partial charge < -0.3 is 19.5 Å². The maximum atomic E-state index is 5.81. The van der Waals surface area contributed by atoms with Gasteiger partial charge in [-0.05, 0) is 33.1 Å². The van der Waals surface area contributed by atoms with Gasteiger partial charge in [0.05, 0.1) is 31.1 Å². The van der Waals surface area contributed by atoms with Crippen LogP contribution in [0.1, 0.15) is 40.2 Å². The van der Waals surface area contributed by atoms with E-state index in [9.17, 15) is 0 Å². The zero-order chi connectivity index (χ0) is 19.3. The molecule has 8 heteroatoms. The summed E-state index contributed by atoms with van der Waals surface area (Å²) in [4.78, 5) is 14.1. The van der Waals surface area contributed by atoms with Crippen LogP contribution in [0.2, 0.25) is 0 Å². The lowest BCUT2D eigenvalue weighted by molar-refractivity contribution is -0.0850. The Morgan fingerprint density at radius 3 is 2.86 bits per heavy atom. The molecule has 2 aliphatic heterocycles. The number of hydrogen-bond donors (Lipinski definition) is 1. The molecule has 1 aromatic heterocycles. The largest absolute Gasteiger partial charge is 0.373 e. The van der Waals surface area contributed by atoms with E-state index >= 15 is 0 Å². The third kappa shape index (κ3) is 6.32. The normalized spacial score (nSPS) is 26.0. The smallest absolute Gasteiger partial charge is 0.194 e. The van der Waals surface area contributed by atoms with Crippen LogP contribution < -0.4 is 5.32 Å². The third-order valence-corrected chi connectivity index (χ3v) is 5.64. The summed E-state index contributed by atoms with van der Waals surface area (Å²) >= 11 is 0. The second-order valence-electron chi connectivity index (χ2n) is 8.41. The number of nitrogens with one attached hydrogen (secondary N) is 1. The Labute approximate surface area is 186 Å². The van der Waals surface area contributed by atoms with Crippen molar-refractivity contribution in [2.45, 2.75) is 45.8 Å². The number of guanidine groups is 1. The number of halogens is 1. The van der Waals surface area contributed by atoms with Crippen LogP contribution in [0.5, 0.6) is 0 Å². The van der Waals surface area contributed by atoms with E-state index in [4.69, 9.17) is 9.73 Å². The molecule has 1 aromatic rings. The van der Waals surface area contributed by atoms with E-state index in [-0.39, 0.29) is 29.6 Å². The molecule has 2 fully saturated rings. The first kappa shape index (κ1) is 23.4. The maximum Gasteiger partial charge on any atom is 0.194 e. The lowest BCUT2D eigenvalue weighted by atomic mass is 9.93. The molecule has 0 saturated carbocycles. The number of hydrogen-bond acceptors (Lipinski definition) is 4. The van der Waals surface area contributed by atoms with Gasteiger partial charge >= 0.3 is 0 Å². The average molecular weight is 504 g/mol. The first-order valence-corrected chi connectivity index (χ1v) is 10.4. The summed E-state index contributed by atoms with van der Waals surface area (Å²) in [6.07, 6.45) is 7.06. The van der Waals surface area contributed by atoms with Crippen molar-refractivity contribution in [2.75, 3.05) is 52.4 Å². The van der Waals surface area contributed by atoms with E-state index in [2.05, 4.69) is 58.6 Å². The van der Waals surface area contributed by atoms with Crippen LogP contribution in [0.25, 0.3) is 0 Å². The Balaban J connectivity index is 0.00000280. The van der Waals surface area contributed by atoms with Crippen molar-refractivity contribution in [2.24, 2.45) is 10.9 Å². The van der Waals surface area contributed by atoms with Crippen molar-refractivity contribution in [3.63, 3.8) is 0 Å². The van der Waals surface area contributed by atoms with Gasteiger partial charge in [0.25, 0.3) is 0 Å². The van der Waals surface area contributed by atoms with Crippen molar-refractivity contribution >= 4 is 29.9 Å². The molecular formula is C20H37IN6O. The van der Waals surface area contributed by atoms with Crippen molar-refractivity contribution in [3.05, 3.63) is 18.7 Å². The minimum absolute atomic E-state index is 0. The van der Waals surface area contributed by atoms with Gasteiger partial charge in [-0.2, -0.15) is 0 Å². The third-order valence-electron chi connectivity index (χ3n) is 5.64. The number of nitrogens with zero attached hydrogens (tertiary/aromatic N) is 5. The van der Waals surface area contributed by atoms with Crippen LogP contribution in [0.15, 0.2) is 23.7 Å². The molecule has 0 amide bonds. The molecule has 0 radical (unpaired) electrons. The van der Waals surface area contributed by atoms with Crippen molar-refractivity contribution in [1.82, 2.24) is 24.7 Å². The predicted octanol–water partition coefficient (Wildman–Crippen LogP) is 2.46. The van der Waals surface area contributed by atoms with Crippen LogP contribution in [0.3, 0.4) is 0 Å². The lowest BCUT2D eigenvalue weighted by Crippen LogP contribution is -2.50. The summed E-state index contributed by atoms with van der Waals surface area (Å²) in [5, 5.41) is 3.49. The molecule has 0 bridgehead atoms. The molecule has 0 aliphatic carbocycles. The zero-order valence-electron chi connectivity index (χ0n) is 17.8. The maximum absolute atomic E-state index is 5.81. The average Bonchev–Trinajstić information content (AvgIpc) is 3.15. The molecule has 7 nitrogen and oxygen atoms in total. The second kappa shape index (κ2) is 10.8. The Hall–Kier alpha value is -0.870. The fourth-order valence-electron chi connectivity index (χ4n) is 4.12. The van der Waals surface area contributed by atoms with Gasteiger partial charge in [-0.25, -0.2) is 4.98 Å². The van der Waals surface area contributed by atoms with Gasteiger partial charge in [-0.3, -0.25) is 9.89 Å². The number of ether oxygens (including phenoxy) is 1. The SMILES string of the molecule is CCNC(=NCCN1CCOC(C)(C)C1)N1CCC(C)C(n2ccnc2)C1.I. The Kier molecular flexibility index (Phi) is 9.01. The Morgan fingerprint density at radius 2 is 2.18 bits per heavy atom. The van der Waals surface area contributed by atoms with Gasteiger partial charge in [-0.1, -0.05) is 6.92 Å². The molecule has 3 heterocycles. The Morgan fingerprint density at radius 1 is 1.36 bits per heavy atom. The molecule has 1 N–H and O–H groups in total. The minimum Gasteiger partial charge on any atom is -0.373 e. The molecule has 28 heavy (non-hydrogen) atoms. The van der Waals surface area contributed by atoms with Crippen LogP contribution in [0.4, 0.5) is 0 Å².